The van der Waals surface area contributed by atoms with Crippen LogP contribution in [-0.2, 0) is 6.42 Å². The molecule has 3 aromatic rings. The van der Waals surface area contributed by atoms with Crippen LogP contribution in [0.3, 0.4) is 0 Å². The van der Waals surface area contributed by atoms with Gasteiger partial charge >= 0.3 is 0 Å². The Morgan fingerprint density at radius 2 is 1.72 bits per heavy atom. The number of Topliss-reactive ketones (excluding diaryl/α,β-unsaturated/α-hetero) is 1. The van der Waals surface area contributed by atoms with Crippen LogP contribution in [0.2, 0.25) is 0 Å². The summed E-state index contributed by atoms with van der Waals surface area (Å²) < 4.78 is 5.36. The molecule has 0 bridgehead atoms. The number of methoxy groups -OCH3 is 1. The molecule has 2 aliphatic rings. The summed E-state index contributed by atoms with van der Waals surface area (Å²) in [6.07, 6.45) is 3.04. The van der Waals surface area contributed by atoms with Crippen molar-refractivity contribution in [1.82, 2.24) is 9.97 Å². The van der Waals surface area contributed by atoms with Crippen molar-refractivity contribution in [2.24, 2.45) is 0 Å². The molecule has 0 saturated carbocycles. The van der Waals surface area contributed by atoms with Gasteiger partial charge < -0.3 is 14.5 Å². The van der Waals surface area contributed by atoms with E-state index in [-0.39, 0.29) is 11.7 Å². The van der Waals surface area contributed by atoms with Gasteiger partial charge in [-0.05, 0) is 37.0 Å². The van der Waals surface area contributed by atoms with Gasteiger partial charge in [-0.3, -0.25) is 4.79 Å². The summed E-state index contributed by atoms with van der Waals surface area (Å²) in [5, 5.41) is 0. The first-order chi connectivity index (χ1) is 15.6. The van der Waals surface area contributed by atoms with Crippen LogP contribution in [0, 0.1) is 6.92 Å². The third-order valence-corrected chi connectivity index (χ3v) is 6.56. The Balaban J connectivity index is 1.30. The molecule has 1 saturated heterocycles. The SMILES string of the molecule is COc1cccc(N2CCN(c3ncc4c(n3)C[C@H](c3ccc(C)cc3)CC4=O)CC2)c1. The summed E-state index contributed by atoms with van der Waals surface area (Å²) in [5.41, 5.74) is 5.18. The molecule has 164 valence electrons. The van der Waals surface area contributed by atoms with Crippen molar-refractivity contribution < 1.29 is 9.53 Å². The van der Waals surface area contributed by atoms with E-state index in [1.807, 2.05) is 12.1 Å². The molecule has 1 fully saturated rings. The largest absolute Gasteiger partial charge is 0.497 e. The highest BCUT2D eigenvalue weighted by molar-refractivity contribution is 5.98. The summed E-state index contributed by atoms with van der Waals surface area (Å²) in [4.78, 5) is 26.8. The number of fused-ring (bicyclic) bond motifs is 1. The molecule has 1 aliphatic carbocycles. The average Bonchev–Trinajstić information content (AvgIpc) is 2.84. The van der Waals surface area contributed by atoms with Crippen molar-refractivity contribution in [2.75, 3.05) is 43.1 Å². The van der Waals surface area contributed by atoms with Crippen LogP contribution in [-0.4, -0.2) is 49.0 Å². The van der Waals surface area contributed by atoms with Crippen molar-refractivity contribution in [3.8, 4) is 5.75 Å². The lowest BCUT2D eigenvalue weighted by Gasteiger charge is -2.36. The number of benzene rings is 2. The number of piperazine rings is 1. The molecule has 0 spiro atoms. The molecule has 0 unspecified atom stereocenters. The van der Waals surface area contributed by atoms with E-state index < -0.39 is 0 Å². The van der Waals surface area contributed by atoms with Crippen LogP contribution in [0.15, 0.2) is 54.7 Å². The molecule has 5 rings (SSSR count). The highest BCUT2D eigenvalue weighted by Gasteiger charge is 2.29. The minimum atomic E-state index is 0.145. The number of aromatic nitrogens is 2. The number of carbonyl (C=O) groups excluding carboxylic acids is 1. The number of ketones is 1. The first-order valence-corrected chi connectivity index (χ1v) is 11.2. The lowest BCUT2D eigenvalue weighted by atomic mass is 9.82. The van der Waals surface area contributed by atoms with Crippen LogP contribution in [0.1, 0.15) is 39.5 Å². The van der Waals surface area contributed by atoms with Crippen molar-refractivity contribution in [3.63, 3.8) is 0 Å². The van der Waals surface area contributed by atoms with Crippen molar-refractivity contribution in [2.45, 2.75) is 25.7 Å². The van der Waals surface area contributed by atoms with Crippen molar-refractivity contribution >= 4 is 17.4 Å². The summed E-state index contributed by atoms with van der Waals surface area (Å²) >= 11 is 0. The number of carbonyl (C=O) groups is 1. The number of rotatable bonds is 4. The monoisotopic (exact) mass is 428 g/mol. The predicted molar refractivity (Wildman–Crippen MR) is 126 cm³/mol. The molecule has 0 radical (unpaired) electrons. The molecule has 1 aliphatic heterocycles. The van der Waals surface area contributed by atoms with E-state index in [9.17, 15) is 4.79 Å². The minimum Gasteiger partial charge on any atom is -0.497 e. The van der Waals surface area contributed by atoms with Crippen LogP contribution in [0.25, 0.3) is 0 Å². The Kier molecular flexibility index (Phi) is 5.52. The summed E-state index contributed by atoms with van der Waals surface area (Å²) in [6.45, 7) is 5.53. The number of nitrogens with zero attached hydrogens (tertiary/aromatic N) is 4. The van der Waals surface area contributed by atoms with Gasteiger partial charge in [0, 0.05) is 50.6 Å². The molecular formula is C26H28N4O2. The molecule has 6 heteroatoms. The molecule has 0 N–H and O–H groups in total. The topological polar surface area (TPSA) is 58.6 Å². The maximum Gasteiger partial charge on any atom is 0.225 e. The number of aryl methyl sites for hydroxylation is 1. The van der Waals surface area contributed by atoms with E-state index in [2.05, 4.69) is 58.1 Å². The third-order valence-electron chi connectivity index (χ3n) is 6.56. The van der Waals surface area contributed by atoms with Gasteiger partial charge in [0.05, 0.1) is 18.4 Å². The Morgan fingerprint density at radius 1 is 0.969 bits per heavy atom. The lowest BCUT2D eigenvalue weighted by molar-refractivity contribution is 0.0962. The maximum atomic E-state index is 12.8. The smallest absolute Gasteiger partial charge is 0.225 e. The van der Waals surface area contributed by atoms with Gasteiger partial charge in [0.25, 0.3) is 0 Å². The van der Waals surface area contributed by atoms with E-state index in [4.69, 9.17) is 9.72 Å². The first kappa shape index (κ1) is 20.5. The van der Waals surface area contributed by atoms with Crippen LogP contribution < -0.4 is 14.5 Å². The normalized spacial score (nSPS) is 18.4. The lowest BCUT2D eigenvalue weighted by Crippen LogP contribution is -2.47. The maximum absolute atomic E-state index is 12.8. The fourth-order valence-electron chi connectivity index (χ4n) is 4.63. The first-order valence-electron chi connectivity index (χ1n) is 11.2. The number of hydrogen-bond acceptors (Lipinski definition) is 6. The van der Waals surface area contributed by atoms with E-state index in [0.29, 0.717) is 12.0 Å². The molecule has 0 amide bonds. The molecule has 1 aromatic heterocycles. The van der Waals surface area contributed by atoms with E-state index in [1.165, 1.54) is 16.8 Å². The highest BCUT2D eigenvalue weighted by Crippen LogP contribution is 2.32. The van der Waals surface area contributed by atoms with E-state index in [1.54, 1.807) is 13.3 Å². The van der Waals surface area contributed by atoms with Crippen LogP contribution in [0.5, 0.6) is 5.75 Å². The van der Waals surface area contributed by atoms with Crippen LogP contribution >= 0.6 is 0 Å². The van der Waals surface area contributed by atoms with Gasteiger partial charge in [0.2, 0.25) is 5.95 Å². The molecular weight excluding hydrogens is 400 g/mol. The number of anilines is 2. The van der Waals surface area contributed by atoms with Crippen LogP contribution in [0.4, 0.5) is 11.6 Å². The standard InChI is InChI=1S/C26H28N4O2/c1-18-6-8-19(9-7-18)20-14-24-23(25(31)15-20)17-27-26(28-24)30-12-10-29(11-13-30)21-4-3-5-22(16-21)32-2/h3-9,16-17,20H,10-15H2,1-2H3/t20-/m0/s1. The van der Waals surface area contributed by atoms with Gasteiger partial charge in [-0.15, -0.1) is 0 Å². The predicted octanol–water partition coefficient (Wildman–Crippen LogP) is 4.03. The second kappa shape index (κ2) is 8.61. The molecule has 6 nitrogen and oxygen atoms in total. The van der Waals surface area contributed by atoms with Gasteiger partial charge in [0.1, 0.15) is 5.75 Å². The second-order valence-electron chi connectivity index (χ2n) is 8.64. The molecule has 1 atom stereocenters. The van der Waals surface area contributed by atoms with Gasteiger partial charge in [-0.1, -0.05) is 35.9 Å². The summed E-state index contributed by atoms with van der Waals surface area (Å²) in [5.74, 6) is 1.93. The quantitative estimate of drug-likeness (QED) is 0.625. The zero-order chi connectivity index (χ0) is 22.1. The zero-order valence-corrected chi connectivity index (χ0v) is 18.6. The number of hydrogen-bond donors (Lipinski definition) is 0. The van der Waals surface area contributed by atoms with Gasteiger partial charge in [-0.2, -0.15) is 0 Å². The Labute approximate surface area is 188 Å². The zero-order valence-electron chi connectivity index (χ0n) is 18.6. The fourth-order valence-corrected chi connectivity index (χ4v) is 4.63. The number of ether oxygens (including phenoxy) is 1. The van der Waals surface area contributed by atoms with Gasteiger partial charge in [0.15, 0.2) is 5.78 Å². The van der Waals surface area contributed by atoms with Crippen molar-refractivity contribution in [1.29, 1.82) is 0 Å². The van der Waals surface area contributed by atoms with Gasteiger partial charge in [-0.25, -0.2) is 9.97 Å². The molecule has 2 heterocycles. The Bertz CT molecular complexity index is 1120. The minimum absolute atomic E-state index is 0.145. The third kappa shape index (κ3) is 4.05. The highest BCUT2D eigenvalue weighted by atomic mass is 16.5. The summed E-state index contributed by atoms with van der Waals surface area (Å²) in [7, 11) is 1.69. The summed E-state index contributed by atoms with van der Waals surface area (Å²) in [6, 6.07) is 16.7. The van der Waals surface area contributed by atoms with Crippen molar-refractivity contribution in [3.05, 3.63) is 77.1 Å². The van der Waals surface area contributed by atoms with E-state index >= 15 is 0 Å². The average molecular weight is 429 g/mol. The molecule has 32 heavy (non-hydrogen) atoms. The Morgan fingerprint density at radius 3 is 2.47 bits per heavy atom. The second-order valence-corrected chi connectivity index (χ2v) is 8.64. The fraction of sp³-hybridized carbons (Fsp3) is 0.346. The molecule has 2 aromatic carbocycles. The van der Waals surface area contributed by atoms with E-state index in [0.717, 1.165) is 50.0 Å². The Hall–Kier alpha value is -3.41.